The summed E-state index contributed by atoms with van der Waals surface area (Å²) in [7, 11) is 1.67. The van der Waals surface area contributed by atoms with Crippen LogP contribution in [0.1, 0.15) is 46.1 Å². The Hall–Kier alpha value is -3.08. The van der Waals surface area contributed by atoms with Gasteiger partial charge >= 0.3 is 0 Å². The van der Waals surface area contributed by atoms with E-state index in [1.54, 1.807) is 7.05 Å². The number of nitrogens with one attached hydrogen (secondary N) is 2. The molecule has 1 aliphatic rings. The highest BCUT2D eigenvalue weighted by molar-refractivity contribution is 6.02. The number of carbonyl (C=O) groups excluding carboxylic acids is 2. The summed E-state index contributed by atoms with van der Waals surface area (Å²) >= 11 is 0. The van der Waals surface area contributed by atoms with Crippen LogP contribution in [0.5, 0.6) is 0 Å². The van der Waals surface area contributed by atoms with E-state index in [4.69, 9.17) is 0 Å². The van der Waals surface area contributed by atoms with Crippen LogP contribution in [0.2, 0.25) is 0 Å². The SMILES string of the molecule is Cc1ccc(C)c(NC(=O)CN(C)C(=O)c2ccc3[nH]c4c(c3c2)C[C@@H](C)CC4)c1. The van der Waals surface area contributed by atoms with Gasteiger partial charge in [0.25, 0.3) is 5.91 Å². The normalized spacial score (nSPS) is 15.7. The van der Waals surface area contributed by atoms with Crippen molar-refractivity contribution >= 4 is 28.4 Å². The van der Waals surface area contributed by atoms with Crippen LogP contribution >= 0.6 is 0 Å². The molecule has 0 spiro atoms. The van der Waals surface area contributed by atoms with Gasteiger partial charge in [0.2, 0.25) is 5.91 Å². The number of hydrogen-bond donors (Lipinski definition) is 2. The molecule has 0 radical (unpaired) electrons. The van der Waals surface area contributed by atoms with Gasteiger partial charge < -0.3 is 15.2 Å². The fourth-order valence-corrected chi connectivity index (χ4v) is 4.29. The van der Waals surface area contributed by atoms with Gasteiger partial charge in [-0.15, -0.1) is 0 Å². The van der Waals surface area contributed by atoms with Crippen molar-refractivity contribution in [2.75, 3.05) is 18.9 Å². The first kappa shape index (κ1) is 20.2. The summed E-state index contributed by atoms with van der Waals surface area (Å²) in [6.45, 7) is 6.23. The van der Waals surface area contributed by atoms with Gasteiger partial charge in [0.15, 0.2) is 0 Å². The van der Waals surface area contributed by atoms with Crippen LogP contribution in [-0.2, 0) is 17.6 Å². The number of aromatic amines is 1. The van der Waals surface area contributed by atoms with Crippen LogP contribution in [0.4, 0.5) is 5.69 Å². The number of hydrogen-bond acceptors (Lipinski definition) is 2. The monoisotopic (exact) mass is 403 g/mol. The number of benzene rings is 2. The fraction of sp³-hybridized carbons (Fsp3) is 0.360. The van der Waals surface area contributed by atoms with Crippen molar-refractivity contribution in [3.05, 3.63) is 64.3 Å². The molecule has 0 saturated heterocycles. The van der Waals surface area contributed by atoms with Crippen molar-refractivity contribution in [1.82, 2.24) is 9.88 Å². The van der Waals surface area contributed by atoms with Crippen molar-refractivity contribution in [3.63, 3.8) is 0 Å². The number of aromatic nitrogens is 1. The number of nitrogens with zero attached hydrogens (tertiary/aromatic N) is 1. The third kappa shape index (κ3) is 3.97. The maximum absolute atomic E-state index is 13.0. The molecule has 2 N–H and O–H groups in total. The molecule has 5 nitrogen and oxygen atoms in total. The third-order valence-electron chi connectivity index (χ3n) is 6.08. The Kier molecular flexibility index (Phi) is 5.37. The predicted molar refractivity (Wildman–Crippen MR) is 121 cm³/mol. The third-order valence-corrected chi connectivity index (χ3v) is 6.08. The molecule has 0 unspecified atom stereocenters. The first-order chi connectivity index (χ1) is 14.3. The van der Waals surface area contributed by atoms with Gasteiger partial charge in [0.1, 0.15) is 0 Å². The summed E-state index contributed by atoms with van der Waals surface area (Å²) in [5.74, 6) is 0.313. The molecule has 0 aliphatic heterocycles. The Morgan fingerprint density at radius 1 is 1.17 bits per heavy atom. The van der Waals surface area contributed by atoms with E-state index in [2.05, 4.69) is 17.2 Å². The highest BCUT2D eigenvalue weighted by atomic mass is 16.2. The lowest BCUT2D eigenvalue weighted by molar-refractivity contribution is -0.116. The second kappa shape index (κ2) is 7.98. The van der Waals surface area contributed by atoms with E-state index in [9.17, 15) is 9.59 Å². The largest absolute Gasteiger partial charge is 0.358 e. The smallest absolute Gasteiger partial charge is 0.254 e. The topological polar surface area (TPSA) is 65.2 Å². The van der Waals surface area contributed by atoms with Gasteiger partial charge in [-0.2, -0.15) is 0 Å². The van der Waals surface area contributed by atoms with E-state index >= 15 is 0 Å². The number of likely N-dealkylation sites (N-methyl/N-ethyl adjacent to an activating group) is 1. The summed E-state index contributed by atoms with van der Waals surface area (Å²) in [4.78, 5) is 30.5. The van der Waals surface area contributed by atoms with Gasteiger partial charge in [0.05, 0.1) is 6.54 Å². The molecule has 2 aromatic carbocycles. The van der Waals surface area contributed by atoms with Gasteiger partial charge in [-0.25, -0.2) is 0 Å². The predicted octanol–water partition coefficient (Wildman–Crippen LogP) is 4.62. The molecule has 1 heterocycles. The molecule has 4 rings (SSSR count). The maximum Gasteiger partial charge on any atom is 0.254 e. The Morgan fingerprint density at radius 3 is 2.77 bits per heavy atom. The highest BCUT2D eigenvalue weighted by Crippen LogP contribution is 2.32. The van der Waals surface area contributed by atoms with Crippen molar-refractivity contribution in [1.29, 1.82) is 0 Å². The molecule has 3 aromatic rings. The molecule has 30 heavy (non-hydrogen) atoms. The lowest BCUT2D eigenvalue weighted by Gasteiger charge is -2.19. The van der Waals surface area contributed by atoms with Crippen LogP contribution < -0.4 is 5.32 Å². The van der Waals surface area contributed by atoms with Gasteiger partial charge in [-0.1, -0.05) is 19.1 Å². The molecule has 5 heteroatoms. The minimum atomic E-state index is -0.200. The van der Waals surface area contributed by atoms with E-state index < -0.39 is 0 Å². The van der Waals surface area contributed by atoms with Gasteiger partial charge in [-0.3, -0.25) is 9.59 Å². The number of anilines is 1. The Morgan fingerprint density at radius 2 is 1.97 bits per heavy atom. The second-order valence-corrected chi connectivity index (χ2v) is 8.72. The summed E-state index contributed by atoms with van der Waals surface area (Å²) in [5, 5.41) is 4.06. The highest BCUT2D eigenvalue weighted by Gasteiger charge is 2.22. The van der Waals surface area contributed by atoms with Crippen molar-refractivity contribution < 1.29 is 9.59 Å². The van der Waals surface area contributed by atoms with E-state index in [0.717, 1.165) is 40.6 Å². The molecule has 1 atom stereocenters. The summed E-state index contributed by atoms with van der Waals surface area (Å²) in [6, 6.07) is 11.7. The lowest BCUT2D eigenvalue weighted by atomic mass is 9.87. The molecular weight excluding hydrogens is 374 g/mol. The molecule has 156 valence electrons. The minimum absolute atomic E-state index is 0.00648. The van der Waals surface area contributed by atoms with E-state index in [1.165, 1.54) is 22.6 Å². The Balaban J connectivity index is 1.49. The van der Waals surface area contributed by atoms with Crippen LogP contribution in [-0.4, -0.2) is 35.3 Å². The zero-order chi connectivity index (χ0) is 21.4. The quantitative estimate of drug-likeness (QED) is 0.668. The number of aryl methyl sites for hydroxylation is 3. The van der Waals surface area contributed by atoms with Crippen LogP contribution in [0.3, 0.4) is 0 Å². The summed E-state index contributed by atoms with van der Waals surface area (Å²) < 4.78 is 0. The lowest BCUT2D eigenvalue weighted by Crippen LogP contribution is -2.35. The first-order valence-electron chi connectivity index (χ1n) is 10.6. The van der Waals surface area contributed by atoms with Gasteiger partial charge in [0, 0.05) is 34.9 Å². The maximum atomic E-state index is 13.0. The van der Waals surface area contributed by atoms with E-state index in [0.29, 0.717) is 11.5 Å². The van der Waals surface area contributed by atoms with Crippen molar-refractivity contribution in [2.24, 2.45) is 5.92 Å². The van der Waals surface area contributed by atoms with Crippen molar-refractivity contribution in [2.45, 2.75) is 40.0 Å². The Labute approximate surface area is 177 Å². The number of fused-ring (bicyclic) bond motifs is 3. The fourth-order valence-electron chi connectivity index (χ4n) is 4.29. The molecule has 0 bridgehead atoms. The molecule has 0 saturated carbocycles. The van der Waals surface area contributed by atoms with Crippen LogP contribution in [0.15, 0.2) is 36.4 Å². The number of H-pyrrole nitrogens is 1. The number of carbonyl (C=O) groups is 2. The Bertz CT molecular complexity index is 1130. The first-order valence-corrected chi connectivity index (χ1v) is 10.6. The van der Waals surface area contributed by atoms with E-state index in [-0.39, 0.29) is 18.4 Å². The van der Waals surface area contributed by atoms with Crippen molar-refractivity contribution in [3.8, 4) is 0 Å². The summed E-state index contributed by atoms with van der Waals surface area (Å²) in [5.41, 5.74) is 7.21. The average Bonchev–Trinajstić information content (AvgIpc) is 3.07. The molecule has 1 aromatic heterocycles. The van der Waals surface area contributed by atoms with Gasteiger partial charge in [-0.05, 0) is 80.0 Å². The van der Waals surface area contributed by atoms with E-state index in [1.807, 2.05) is 50.2 Å². The standard InChI is InChI=1S/C25H29N3O2/c1-15-6-9-21-19(11-15)20-13-18(8-10-22(20)26-21)25(30)28(4)14-24(29)27-23-12-16(2)5-7-17(23)3/h5,7-8,10,12-13,15,26H,6,9,11,14H2,1-4H3,(H,27,29)/t15-/m0/s1. The molecular formula is C25H29N3O2. The minimum Gasteiger partial charge on any atom is -0.358 e. The number of amides is 2. The second-order valence-electron chi connectivity index (χ2n) is 8.72. The number of rotatable bonds is 4. The summed E-state index contributed by atoms with van der Waals surface area (Å²) in [6.07, 6.45) is 3.30. The van der Waals surface area contributed by atoms with Crippen LogP contribution in [0, 0.1) is 19.8 Å². The molecule has 1 aliphatic carbocycles. The van der Waals surface area contributed by atoms with Crippen LogP contribution in [0.25, 0.3) is 10.9 Å². The average molecular weight is 404 g/mol. The molecule has 2 amide bonds. The molecule has 0 fully saturated rings. The zero-order valence-electron chi connectivity index (χ0n) is 18.1. The zero-order valence-corrected chi connectivity index (χ0v) is 18.1.